The van der Waals surface area contributed by atoms with E-state index in [-0.39, 0.29) is 5.75 Å². The first-order valence-electron chi connectivity index (χ1n) is 8.60. The molecule has 0 aliphatic rings. The summed E-state index contributed by atoms with van der Waals surface area (Å²) >= 11 is 0. The van der Waals surface area contributed by atoms with Crippen molar-refractivity contribution in [1.82, 2.24) is 4.72 Å². The first-order chi connectivity index (χ1) is 12.4. The molecule has 0 saturated carbocycles. The molecule has 134 valence electrons. The minimum Gasteiger partial charge on any atom is -0.212 e. The van der Waals surface area contributed by atoms with Crippen LogP contribution in [0.1, 0.15) is 33.9 Å². The molecule has 0 heterocycles. The Morgan fingerprint density at radius 2 is 1.42 bits per heavy atom. The molecule has 3 aromatic carbocycles. The average molecular weight is 365 g/mol. The van der Waals surface area contributed by atoms with Gasteiger partial charge >= 0.3 is 0 Å². The molecule has 1 atom stereocenters. The van der Waals surface area contributed by atoms with Gasteiger partial charge in [-0.1, -0.05) is 90.0 Å². The zero-order valence-corrected chi connectivity index (χ0v) is 15.8. The average Bonchev–Trinajstić information content (AvgIpc) is 2.61. The van der Waals surface area contributed by atoms with Crippen molar-refractivity contribution in [1.29, 1.82) is 0 Å². The van der Waals surface area contributed by atoms with Gasteiger partial charge in [-0.2, -0.15) is 0 Å². The predicted octanol–water partition coefficient (Wildman–Crippen LogP) is 4.51. The SMILES string of the molecule is Cc1ccc([C@H](NS(=O)(=O)Cc2cccc(C)c2)c2ccccc2)cc1. The van der Waals surface area contributed by atoms with Crippen LogP contribution in [0, 0.1) is 13.8 Å². The molecule has 0 bridgehead atoms. The summed E-state index contributed by atoms with van der Waals surface area (Å²) in [4.78, 5) is 0. The second-order valence-corrected chi connectivity index (χ2v) is 8.37. The monoisotopic (exact) mass is 365 g/mol. The van der Waals surface area contributed by atoms with Crippen LogP contribution in [-0.4, -0.2) is 8.42 Å². The number of hydrogen-bond acceptors (Lipinski definition) is 2. The molecular formula is C22H23NO2S. The van der Waals surface area contributed by atoms with Crippen LogP contribution < -0.4 is 4.72 Å². The fraction of sp³-hybridized carbons (Fsp3) is 0.182. The Morgan fingerprint density at radius 1 is 0.769 bits per heavy atom. The van der Waals surface area contributed by atoms with E-state index in [9.17, 15) is 8.42 Å². The molecule has 0 aromatic heterocycles. The van der Waals surface area contributed by atoms with Crippen LogP contribution in [-0.2, 0) is 15.8 Å². The van der Waals surface area contributed by atoms with Gasteiger partial charge in [0.2, 0.25) is 10.0 Å². The van der Waals surface area contributed by atoms with E-state index < -0.39 is 16.1 Å². The minimum atomic E-state index is -3.51. The molecule has 26 heavy (non-hydrogen) atoms. The van der Waals surface area contributed by atoms with Gasteiger partial charge in [-0.05, 0) is 30.5 Å². The lowest BCUT2D eigenvalue weighted by Crippen LogP contribution is -2.30. The van der Waals surface area contributed by atoms with E-state index in [1.807, 2.05) is 92.7 Å². The molecule has 0 radical (unpaired) electrons. The zero-order chi connectivity index (χ0) is 18.6. The molecule has 3 aromatic rings. The van der Waals surface area contributed by atoms with E-state index in [2.05, 4.69) is 4.72 Å². The first kappa shape index (κ1) is 18.4. The Morgan fingerprint density at radius 3 is 2.08 bits per heavy atom. The highest BCUT2D eigenvalue weighted by molar-refractivity contribution is 7.88. The highest BCUT2D eigenvalue weighted by Gasteiger charge is 2.21. The van der Waals surface area contributed by atoms with E-state index in [0.29, 0.717) is 0 Å². The second kappa shape index (κ2) is 7.85. The highest BCUT2D eigenvalue weighted by atomic mass is 32.2. The molecule has 1 N–H and O–H groups in total. The highest BCUT2D eigenvalue weighted by Crippen LogP contribution is 2.24. The van der Waals surface area contributed by atoms with Crippen molar-refractivity contribution in [3.63, 3.8) is 0 Å². The maximum absolute atomic E-state index is 12.8. The van der Waals surface area contributed by atoms with Crippen LogP contribution in [0.5, 0.6) is 0 Å². The number of rotatable bonds is 6. The molecular weight excluding hydrogens is 342 g/mol. The minimum absolute atomic E-state index is 0.0378. The largest absolute Gasteiger partial charge is 0.216 e. The molecule has 0 aliphatic heterocycles. The summed E-state index contributed by atoms with van der Waals surface area (Å²) in [6.45, 7) is 3.98. The van der Waals surface area contributed by atoms with Crippen molar-refractivity contribution in [2.24, 2.45) is 0 Å². The van der Waals surface area contributed by atoms with E-state index in [4.69, 9.17) is 0 Å². The molecule has 4 heteroatoms. The van der Waals surface area contributed by atoms with Crippen LogP contribution in [0.3, 0.4) is 0 Å². The summed E-state index contributed by atoms with van der Waals surface area (Å²) in [5, 5.41) is 0. The Balaban J connectivity index is 1.91. The lowest BCUT2D eigenvalue weighted by atomic mass is 9.99. The molecule has 0 unspecified atom stereocenters. The van der Waals surface area contributed by atoms with Crippen LogP contribution >= 0.6 is 0 Å². The van der Waals surface area contributed by atoms with E-state index in [0.717, 1.165) is 27.8 Å². The topological polar surface area (TPSA) is 46.2 Å². The third-order valence-electron chi connectivity index (χ3n) is 4.28. The molecule has 3 rings (SSSR count). The van der Waals surface area contributed by atoms with E-state index >= 15 is 0 Å². The molecule has 0 spiro atoms. The van der Waals surface area contributed by atoms with Crippen molar-refractivity contribution in [2.75, 3.05) is 0 Å². The third-order valence-corrected chi connectivity index (χ3v) is 5.59. The van der Waals surface area contributed by atoms with Crippen LogP contribution in [0.2, 0.25) is 0 Å². The van der Waals surface area contributed by atoms with Crippen molar-refractivity contribution in [3.8, 4) is 0 Å². The maximum Gasteiger partial charge on any atom is 0.216 e. The number of aryl methyl sites for hydroxylation is 2. The summed E-state index contributed by atoms with van der Waals surface area (Å²) in [6, 6.07) is 24.8. The van der Waals surface area contributed by atoms with Crippen LogP contribution in [0.4, 0.5) is 0 Å². The lowest BCUT2D eigenvalue weighted by molar-refractivity contribution is 0.571. The lowest BCUT2D eigenvalue weighted by Gasteiger charge is -2.20. The van der Waals surface area contributed by atoms with Crippen molar-refractivity contribution < 1.29 is 8.42 Å². The van der Waals surface area contributed by atoms with Gasteiger partial charge in [0.25, 0.3) is 0 Å². The summed E-state index contributed by atoms with van der Waals surface area (Å²) in [5.74, 6) is -0.0378. The fourth-order valence-electron chi connectivity index (χ4n) is 2.98. The Labute approximate surface area is 155 Å². The number of nitrogens with one attached hydrogen (secondary N) is 1. The van der Waals surface area contributed by atoms with E-state index in [1.165, 1.54) is 0 Å². The number of benzene rings is 3. The first-order valence-corrected chi connectivity index (χ1v) is 10.3. The van der Waals surface area contributed by atoms with Gasteiger partial charge < -0.3 is 0 Å². The van der Waals surface area contributed by atoms with Gasteiger partial charge in [-0.25, -0.2) is 13.1 Å². The van der Waals surface area contributed by atoms with Crippen molar-refractivity contribution in [3.05, 3.63) is 107 Å². The van der Waals surface area contributed by atoms with Gasteiger partial charge in [-0.15, -0.1) is 0 Å². The zero-order valence-electron chi connectivity index (χ0n) is 15.0. The summed E-state index contributed by atoms with van der Waals surface area (Å²) < 4.78 is 28.5. The smallest absolute Gasteiger partial charge is 0.212 e. The van der Waals surface area contributed by atoms with E-state index in [1.54, 1.807) is 0 Å². The maximum atomic E-state index is 12.8. The quantitative estimate of drug-likeness (QED) is 0.698. The predicted molar refractivity (Wildman–Crippen MR) is 106 cm³/mol. The molecule has 0 amide bonds. The van der Waals surface area contributed by atoms with Gasteiger partial charge in [-0.3, -0.25) is 0 Å². The molecule has 0 aliphatic carbocycles. The van der Waals surface area contributed by atoms with Crippen LogP contribution in [0.25, 0.3) is 0 Å². The normalized spacial score (nSPS) is 12.7. The van der Waals surface area contributed by atoms with Crippen LogP contribution in [0.15, 0.2) is 78.9 Å². The molecule has 3 nitrogen and oxygen atoms in total. The van der Waals surface area contributed by atoms with Crippen molar-refractivity contribution >= 4 is 10.0 Å². The second-order valence-electron chi connectivity index (χ2n) is 6.62. The summed E-state index contributed by atoms with van der Waals surface area (Å²) in [7, 11) is -3.51. The van der Waals surface area contributed by atoms with Gasteiger partial charge in [0.05, 0.1) is 11.8 Å². The van der Waals surface area contributed by atoms with Gasteiger partial charge in [0.1, 0.15) is 0 Å². The standard InChI is InChI=1S/C22H23NO2S/c1-17-11-13-21(14-12-17)22(20-9-4-3-5-10-20)23-26(24,25)16-19-8-6-7-18(2)15-19/h3-15,22-23H,16H2,1-2H3/t22-/m1/s1. The van der Waals surface area contributed by atoms with Gasteiger partial charge in [0.15, 0.2) is 0 Å². The number of sulfonamides is 1. The molecule has 0 fully saturated rings. The van der Waals surface area contributed by atoms with Crippen molar-refractivity contribution in [2.45, 2.75) is 25.6 Å². The number of hydrogen-bond donors (Lipinski definition) is 1. The Hall–Kier alpha value is -2.43. The third kappa shape index (κ3) is 4.81. The summed E-state index contributed by atoms with van der Waals surface area (Å²) in [5.41, 5.74) is 4.83. The van der Waals surface area contributed by atoms with Gasteiger partial charge in [0, 0.05) is 0 Å². The Bertz CT molecular complexity index is 965. The fourth-order valence-corrected chi connectivity index (χ4v) is 4.31. The molecule has 0 saturated heterocycles. The Kier molecular flexibility index (Phi) is 5.55. The summed E-state index contributed by atoms with van der Waals surface area (Å²) in [6.07, 6.45) is 0.